The molecule has 2 aliphatic heterocycles. The number of nitrogens with zero attached hydrogens (tertiary/aromatic N) is 2. The number of carbonyl (C=O) groups excluding carboxylic acids is 1. The summed E-state index contributed by atoms with van der Waals surface area (Å²) in [4.78, 5) is 16.6. The fraction of sp³-hybridized carbons (Fsp3) is 0.588. The molecular formula is C17H24Cl2N4O. The van der Waals surface area contributed by atoms with Gasteiger partial charge in [0.2, 0.25) is 0 Å². The molecule has 2 heterocycles. The smallest absolute Gasteiger partial charge is 0.317 e. The van der Waals surface area contributed by atoms with Crippen molar-refractivity contribution >= 4 is 34.9 Å². The van der Waals surface area contributed by atoms with Gasteiger partial charge in [0.05, 0.1) is 10.0 Å². The molecule has 7 heteroatoms. The number of nitrogens with one attached hydrogen (secondary N) is 2. The lowest BCUT2D eigenvalue weighted by Crippen LogP contribution is -2.53. The molecule has 132 valence electrons. The maximum absolute atomic E-state index is 12.5. The third kappa shape index (κ3) is 4.47. The lowest BCUT2D eigenvalue weighted by Gasteiger charge is -2.36. The van der Waals surface area contributed by atoms with Crippen LogP contribution >= 0.6 is 23.2 Å². The number of anilines is 1. The lowest BCUT2D eigenvalue weighted by molar-refractivity contribution is 0.189. The fourth-order valence-electron chi connectivity index (χ4n) is 3.28. The molecule has 24 heavy (non-hydrogen) atoms. The molecule has 1 unspecified atom stereocenters. The molecule has 2 saturated heterocycles. The molecule has 1 aromatic carbocycles. The van der Waals surface area contributed by atoms with E-state index in [-0.39, 0.29) is 6.03 Å². The van der Waals surface area contributed by atoms with Crippen LogP contribution in [0.15, 0.2) is 18.2 Å². The molecule has 0 saturated carbocycles. The third-order valence-corrected chi connectivity index (χ3v) is 5.48. The minimum Gasteiger partial charge on any atom is -0.368 e. The number of urea groups is 1. The Labute approximate surface area is 153 Å². The Bertz CT molecular complexity index is 568. The van der Waals surface area contributed by atoms with Gasteiger partial charge in [0.1, 0.15) is 0 Å². The van der Waals surface area contributed by atoms with Crippen LogP contribution in [-0.2, 0) is 0 Å². The van der Waals surface area contributed by atoms with Gasteiger partial charge in [-0.2, -0.15) is 0 Å². The number of amides is 2. The first kappa shape index (κ1) is 17.6. The largest absolute Gasteiger partial charge is 0.368 e. The van der Waals surface area contributed by atoms with Gasteiger partial charge in [-0.3, -0.25) is 0 Å². The average molecular weight is 371 g/mol. The van der Waals surface area contributed by atoms with Gasteiger partial charge in [0.25, 0.3) is 0 Å². The second-order valence-corrected chi connectivity index (χ2v) is 7.21. The molecule has 0 aliphatic carbocycles. The van der Waals surface area contributed by atoms with E-state index in [1.54, 1.807) is 0 Å². The third-order valence-electron chi connectivity index (χ3n) is 4.74. The Hall–Kier alpha value is -1.17. The standard InChI is InChI=1S/C17H24Cl2N4O/c18-15-4-3-14(12-16(15)19)22-8-10-23(11-9-22)17(24)21-13-2-1-6-20-7-5-13/h3-4,12-13,20H,1-2,5-11H2,(H,21,24). The van der Waals surface area contributed by atoms with Gasteiger partial charge in [-0.15, -0.1) is 0 Å². The first-order valence-electron chi connectivity index (χ1n) is 8.59. The van der Waals surface area contributed by atoms with E-state index in [0.717, 1.165) is 64.2 Å². The van der Waals surface area contributed by atoms with Crippen LogP contribution in [0.4, 0.5) is 10.5 Å². The van der Waals surface area contributed by atoms with E-state index in [0.29, 0.717) is 16.1 Å². The second kappa shape index (κ2) is 8.28. The minimum absolute atomic E-state index is 0.0655. The van der Waals surface area contributed by atoms with Crippen molar-refractivity contribution in [3.05, 3.63) is 28.2 Å². The molecule has 5 nitrogen and oxygen atoms in total. The first-order valence-corrected chi connectivity index (χ1v) is 9.35. The quantitative estimate of drug-likeness (QED) is 0.841. The van der Waals surface area contributed by atoms with Gasteiger partial charge in [-0.25, -0.2) is 4.79 Å². The highest BCUT2D eigenvalue weighted by molar-refractivity contribution is 6.42. The molecule has 0 aromatic heterocycles. The van der Waals surface area contributed by atoms with Crippen molar-refractivity contribution in [3.8, 4) is 0 Å². The average Bonchev–Trinajstić information content (AvgIpc) is 2.86. The van der Waals surface area contributed by atoms with Crippen LogP contribution in [0.25, 0.3) is 0 Å². The van der Waals surface area contributed by atoms with Crippen LogP contribution in [0.3, 0.4) is 0 Å². The van der Waals surface area contributed by atoms with Crippen molar-refractivity contribution in [3.63, 3.8) is 0 Å². The molecule has 0 bridgehead atoms. The lowest BCUT2D eigenvalue weighted by atomic mass is 10.1. The van der Waals surface area contributed by atoms with E-state index < -0.39 is 0 Å². The number of halogens is 2. The maximum Gasteiger partial charge on any atom is 0.317 e. The summed E-state index contributed by atoms with van der Waals surface area (Å²) >= 11 is 12.1. The molecule has 1 atom stereocenters. The van der Waals surface area contributed by atoms with E-state index >= 15 is 0 Å². The molecular weight excluding hydrogens is 347 g/mol. The van der Waals surface area contributed by atoms with Crippen LogP contribution in [0.2, 0.25) is 10.0 Å². The van der Waals surface area contributed by atoms with Crippen LogP contribution in [-0.4, -0.2) is 56.2 Å². The van der Waals surface area contributed by atoms with Crippen molar-refractivity contribution in [2.24, 2.45) is 0 Å². The number of hydrogen-bond acceptors (Lipinski definition) is 3. The van der Waals surface area contributed by atoms with Gasteiger partial charge in [0.15, 0.2) is 0 Å². The van der Waals surface area contributed by atoms with E-state index in [1.165, 1.54) is 0 Å². The molecule has 2 fully saturated rings. The van der Waals surface area contributed by atoms with Gasteiger partial charge < -0.3 is 20.4 Å². The van der Waals surface area contributed by atoms with E-state index in [2.05, 4.69) is 15.5 Å². The predicted octanol–water partition coefficient (Wildman–Crippen LogP) is 2.97. The molecule has 2 aliphatic rings. The minimum atomic E-state index is 0.0655. The Morgan fingerprint density at radius 1 is 1.08 bits per heavy atom. The topological polar surface area (TPSA) is 47.6 Å². The first-order chi connectivity index (χ1) is 11.6. The highest BCUT2D eigenvalue weighted by Crippen LogP contribution is 2.27. The Kier molecular flexibility index (Phi) is 6.09. The van der Waals surface area contributed by atoms with Gasteiger partial charge >= 0.3 is 6.03 Å². The molecule has 1 aromatic rings. The van der Waals surface area contributed by atoms with Crippen molar-refractivity contribution in [2.45, 2.75) is 25.3 Å². The molecule has 2 amide bonds. The highest BCUT2D eigenvalue weighted by atomic mass is 35.5. The van der Waals surface area contributed by atoms with E-state index in [1.807, 2.05) is 23.1 Å². The summed E-state index contributed by atoms with van der Waals surface area (Å²) in [5, 5.41) is 7.69. The maximum atomic E-state index is 12.5. The summed E-state index contributed by atoms with van der Waals surface area (Å²) in [6, 6.07) is 6.04. The molecule has 0 radical (unpaired) electrons. The Morgan fingerprint density at radius 2 is 1.88 bits per heavy atom. The van der Waals surface area contributed by atoms with Gasteiger partial charge in [-0.1, -0.05) is 23.2 Å². The number of carbonyl (C=O) groups is 1. The van der Waals surface area contributed by atoms with Crippen LogP contribution in [0.1, 0.15) is 19.3 Å². The van der Waals surface area contributed by atoms with E-state index in [4.69, 9.17) is 23.2 Å². The van der Waals surface area contributed by atoms with Crippen molar-refractivity contribution < 1.29 is 4.79 Å². The molecule has 2 N–H and O–H groups in total. The monoisotopic (exact) mass is 370 g/mol. The summed E-state index contributed by atoms with van der Waals surface area (Å²) in [5.41, 5.74) is 1.05. The van der Waals surface area contributed by atoms with Crippen LogP contribution in [0, 0.1) is 0 Å². The molecule has 0 spiro atoms. The van der Waals surface area contributed by atoms with E-state index in [9.17, 15) is 4.79 Å². The van der Waals surface area contributed by atoms with Crippen LogP contribution < -0.4 is 15.5 Å². The number of benzene rings is 1. The summed E-state index contributed by atoms with van der Waals surface area (Å²) in [6.45, 7) is 5.08. The zero-order valence-corrected chi connectivity index (χ0v) is 15.2. The highest BCUT2D eigenvalue weighted by Gasteiger charge is 2.23. The van der Waals surface area contributed by atoms with Gasteiger partial charge in [-0.05, 0) is 50.6 Å². The fourth-order valence-corrected chi connectivity index (χ4v) is 3.57. The second-order valence-electron chi connectivity index (χ2n) is 6.40. The van der Waals surface area contributed by atoms with Crippen LogP contribution in [0.5, 0.6) is 0 Å². The zero-order chi connectivity index (χ0) is 16.9. The SMILES string of the molecule is O=C(NC1CCCNCC1)N1CCN(c2ccc(Cl)c(Cl)c2)CC1. The summed E-state index contributed by atoms with van der Waals surface area (Å²) < 4.78 is 0. The Balaban J connectivity index is 1.50. The van der Waals surface area contributed by atoms with Crippen molar-refractivity contribution in [1.29, 1.82) is 0 Å². The normalized spacial score (nSPS) is 22.2. The summed E-state index contributed by atoms with van der Waals surface area (Å²) in [5.74, 6) is 0. The number of rotatable bonds is 2. The summed E-state index contributed by atoms with van der Waals surface area (Å²) in [7, 11) is 0. The van der Waals surface area contributed by atoms with Crippen molar-refractivity contribution in [2.75, 3.05) is 44.2 Å². The zero-order valence-electron chi connectivity index (χ0n) is 13.7. The van der Waals surface area contributed by atoms with Gasteiger partial charge in [0, 0.05) is 37.9 Å². The molecule has 3 rings (SSSR count). The Morgan fingerprint density at radius 3 is 2.62 bits per heavy atom. The predicted molar refractivity (Wildman–Crippen MR) is 99.3 cm³/mol. The summed E-state index contributed by atoms with van der Waals surface area (Å²) in [6.07, 6.45) is 3.19. The number of piperazine rings is 1. The number of hydrogen-bond donors (Lipinski definition) is 2. The van der Waals surface area contributed by atoms with Crippen molar-refractivity contribution in [1.82, 2.24) is 15.5 Å².